The smallest absolute Gasteiger partial charge is 0.123 e. The Morgan fingerprint density at radius 2 is 2.33 bits per heavy atom. The molecule has 64 valence electrons. The molecule has 1 unspecified atom stereocenters. The van der Waals surface area contributed by atoms with E-state index in [1.54, 1.807) is 17.8 Å². The van der Waals surface area contributed by atoms with Gasteiger partial charge in [-0.05, 0) is 35.9 Å². The first-order valence-electron chi connectivity index (χ1n) is 3.83. The molecule has 1 atom stereocenters. The standard InChI is InChI=1S/C9H8BrFS/c10-8-3-4-12-9-2-1-6(11)5-7(8)9/h1-2,5,8H,3-4H2. The zero-order chi connectivity index (χ0) is 8.55. The van der Waals surface area contributed by atoms with Gasteiger partial charge < -0.3 is 0 Å². The van der Waals surface area contributed by atoms with E-state index in [1.165, 1.54) is 11.0 Å². The predicted octanol–water partition coefficient (Wildman–Crippen LogP) is 3.76. The molecular formula is C9H8BrFS. The molecular weight excluding hydrogens is 239 g/mol. The van der Waals surface area contributed by atoms with Crippen LogP contribution in [0.15, 0.2) is 23.1 Å². The summed E-state index contributed by atoms with van der Waals surface area (Å²) in [4.78, 5) is 1.55. The Balaban J connectivity index is 2.47. The van der Waals surface area contributed by atoms with Crippen LogP contribution in [0.4, 0.5) is 4.39 Å². The SMILES string of the molecule is Fc1ccc2c(c1)C(Br)CCS2. The summed E-state index contributed by atoms with van der Waals surface area (Å²) in [5.41, 5.74) is 1.10. The molecule has 3 heteroatoms. The van der Waals surface area contributed by atoms with Crippen LogP contribution >= 0.6 is 27.7 Å². The normalized spacial score (nSPS) is 22.0. The van der Waals surface area contributed by atoms with E-state index in [0.717, 1.165) is 17.7 Å². The Morgan fingerprint density at radius 1 is 1.50 bits per heavy atom. The van der Waals surface area contributed by atoms with Crippen molar-refractivity contribution in [2.24, 2.45) is 0 Å². The van der Waals surface area contributed by atoms with Gasteiger partial charge in [0.15, 0.2) is 0 Å². The van der Waals surface area contributed by atoms with E-state index < -0.39 is 0 Å². The second kappa shape index (κ2) is 3.38. The van der Waals surface area contributed by atoms with Gasteiger partial charge in [-0.15, -0.1) is 11.8 Å². The van der Waals surface area contributed by atoms with E-state index in [2.05, 4.69) is 15.9 Å². The Kier molecular flexibility index (Phi) is 2.42. The summed E-state index contributed by atoms with van der Waals surface area (Å²) in [7, 11) is 0. The number of thioether (sulfide) groups is 1. The number of rotatable bonds is 0. The summed E-state index contributed by atoms with van der Waals surface area (Å²) in [6.07, 6.45) is 1.08. The molecule has 1 aliphatic heterocycles. The fraction of sp³-hybridized carbons (Fsp3) is 0.333. The molecule has 2 rings (SSSR count). The van der Waals surface area contributed by atoms with Gasteiger partial charge in [-0.25, -0.2) is 4.39 Å². The second-order valence-electron chi connectivity index (χ2n) is 2.79. The lowest BCUT2D eigenvalue weighted by molar-refractivity contribution is 0.622. The lowest BCUT2D eigenvalue weighted by Gasteiger charge is -2.19. The van der Waals surface area contributed by atoms with Crippen LogP contribution in [-0.2, 0) is 0 Å². The molecule has 0 spiro atoms. The highest BCUT2D eigenvalue weighted by molar-refractivity contribution is 9.09. The van der Waals surface area contributed by atoms with Crippen molar-refractivity contribution < 1.29 is 4.39 Å². The van der Waals surface area contributed by atoms with Gasteiger partial charge in [0.1, 0.15) is 5.82 Å². The Hall–Kier alpha value is -0.0200. The lowest BCUT2D eigenvalue weighted by Crippen LogP contribution is -2.01. The molecule has 12 heavy (non-hydrogen) atoms. The van der Waals surface area contributed by atoms with Crippen LogP contribution < -0.4 is 0 Å². The third kappa shape index (κ3) is 1.52. The van der Waals surface area contributed by atoms with Crippen LogP contribution in [0.3, 0.4) is 0 Å². The van der Waals surface area contributed by atoms with Gasteiger partial charge in [-0.1, -0.05) is 15.9 Å². The van der Waals surface area contributed by atoms with Crippen molar-refractivity contribution >= 4 is 27.7 Å². The number of fused-ring (bicyclic) bond motifs is 1. The van der Waals surface area contributed by atoms with Crippen molar-refractivity contribution in [3.8, 4) is 0 Å². The molecule has 0 aliphatic carbocycles. The minimum atomic E-state index is -0.138. The van der Waals surface area contributed by atoms with Gasteiger partial charge in [0, 0.05) is 9.72 Å². The number of hydrogen-bond acceptors (Lipinski definition) is 1. The van der Waals surface area contributed by atoms with E-state index in [9.17, 15) is 4.39 Å². The van der Waals surface area contributed by atoms with Gasteiger partial charge >= 0.3 is 0 Å². The summed E-state index contributed by atoms with van der Waals surface area (Å²) in [5, 5.41) is 0. The maximum Gasteiger partial charge on any atom is 0.123 e. The highest BCUT2D eigenvalue weighted by Crippen LogP contribution is 2.40. The van der Waals surface area contributed by atoms with Crippen LogP contribution in [0.1, 0.15) is 16.8 Å². The minimum absolute atomic E-state index is 0.138. The molecule has 0 aromatic heterocycles. The Bertz CT molecular complexity index is 301. The molecule has 0 amide bonds. The summed E-state index contributed by atoms with van der Waals surface area (Å²) < 4.78 is 12.8. The molecule has 1 aliphatic rings. The largest absolute Gasteiger partial charge is 0.207 e. The molecule has 0 fully saturated rings. The number of halogens is 2. The average molecular weight is 247 g/mol. The van der Waals surface area contributed by atoms with Crippen molar-refractivity contribution in [2.45, 2.75) is 16.1 Å². The van der Waals surface area contributed by atoms with Crippen molar-refractivity contribution in [3.63, 3.8) is 0 Å². The van der Waals surface area contributed by atoms with Crippen molar-refractivity contribution in [1.82, 2.24) is 0 Å². The van der Waals surface area contributed by atoms with Crippen LogP contribution in [0, 0.1) is 5.82 Å². The van der Waals surface area contributed by atoms with Gasteiger partial charge in [-0.2, -0.15) is 0 Å². The first-order valence-corrected chi connectivity index (χ1v) is 5.74. The molecule has 1 heterocycles. The first kappa shape index (κ1) is 8.57. The van der Waals surface area contributed by atoms with E-state index in [-0.39, 0.29) is 5.82 Å². The van der Waals surface area contributed by atoms with E-state index in [0.29, 0.717) is 4.83 Å². The molecule has 0 radical (unpaired) electrons. The van der Waals surface area contributed by atoms with Crippen LogP contribution in [0.2, 0.25) is 0 Å². The second-order valence-corrected chi connectivity index (χ2v) is 5.03. The zero-order valence-electron chi connectivity index (χ0n) is 6.39. The van der Waals surface area contributed by atoms with E-state index in [4.69, 9.17) is 0 Å². The molecule has 0 N–H and O–H groups in total. The fourth-order valence-electron chi connectivity index (χ4n) is 1.32. The molecule has 0 bridgehead atoms. The van der Waals surface area contributed by atoms with Crippen molar-refractivity contribution in [3.05, 3.63) is 29.6 Å². The van der Waals surface area contributed by atoms with E-state index in [1.807, 2.05) is 6.07 Å². The van der Waals surface area contributed by atoms with Crippen LogP contribution in [0.5, 0.6) is 0 Å². The maximum atomic E-state index is 12.8. The molecule has 1 aromatic rings. The number of hydrogen-bond donors (Lipinski definition) is 0. The van der Waals surface area contributed by atoms with Crippen LogP contribution in [-0.4, -0.2) is 5.75 Å². The molecule has 1 aromatic carbocycles. The van der Waals surface area contributed by atoms with Crippen molar-refractivity contribution in [1.29, 1.82) is 0 Å². The molecule has 0 nitrogen and oxygen atoms in total. The number of benzene rings is 1. The third-order valence-corrected chi connectivity index (χ3v) is 4.01. The monoisotopic (exact) mass is 246 g/mol. The topological polar surface area (TPSA) is 0 Å². The Morgan fingerprint density at radius 3 is 3.17 bits per heavy atom. The zero-order valence-corrected chi connectivity index (χ0v) is 8.79. The van der Waals surface area contributed by atoms with E-state index >= 15 is 0 Å². The summed E-state index contributed by atoms with van der Waals surface area (Å²) in [5.74, 6) is 0.981. The van der Waals surface area contributed by atoms with Gasteiger partial charge in [0.05, 0.1) is 0 Å². The summed E-state index contributed by atoms with van der Waals surface area (Å²) in [6, 6.07) is 5.01. The molecule has 0 saturated heterocycles. The van der Waals surface area contributed by atoms with Gasteiger partial charge in [0.25, 0.3) is 0 Å². The van der Waals surface area contributed by atoms with Gasteiger partial charge in [0.2, 0.25) is 0 Å². The lowest BCUT2D eigenvalue weighted by atomic mass is 10.1. The minimum Gasteiger partial charge on any atom is -0.207 e. The highest BCUT2D eigenvalue weighted by Gasteiger charge is 2.18. The maximum absolute atomic E-state index is 12.8. The fourth-order valence-corrected chi connectivity index (χ4v) is 3.49. The van der Waals surface area contributed by atoms with Crippen LogP contribution in [0.25, 0.3) is 0 Å². The average Bonchev–Trinajstić information content (AvgIpc) is 2.07. The Labute approximate surface area is 83.7 Å². The van der Waals surface area contributed by atoms with Crippen molar-refractivity contribution in [2.75, 3.05) is 5.75 Å². The third-order valence-electron chi connectivity index (χ3n) is 1.94. The number of alkyl halides is 1. The summed E-state index contributed by atoms with van der Waals surface area (Å²) >= 11 is 5.35. The highest BCUT2D eigenvalue weighted by atomic mass is 79.9. The summed E-state index contributed by atoms with van der Waals surface area (Å²) in [6.45, 7) is 0. The predicted molar refractivity (Wildman–Crippen MR) is 53.4 cm³/mol. The molecule has 0 saturated carbocycles. The first-order chi connectivity index (χ1) is 5.77. The quantitative estimate of drug-likeness (QED) is 0.629. The van der Waals surface area contributed by atoms with Gasteiger partial charge in [-0.3, -0.25) is 0 Å².